The highest BCUT2D eigenvalue weighted by Crippen LogP contribution is 2.53. The van der Waals surface area contributed by atoms with Gasteiger partial charge in [0.15, 0.2) is 0 Å². The summed E-state index contributed by atoms with van der Waals surface area (Å²) in [5.41, 5.74) is 10.8. The van der Waals surface area contributed by atoms with Crippen molar-refractivity contribution in [3.8, 4) is 0 Å². The molecule has 0 saturated heterocycles. The van der Waals surface area contributed by atoms with Crippen molar-refractivity contribution in [2.24, 2.45) is 22.3 Å². The molecule has 6 rings (SSSR count). The van der Waals surface area contributed by atoms with Gasteiger partial charge in [0.25, 0.3) is 0 Å². The Hall–Kier alpha value is -2.10. The van der Waals surface area contributed by atoms with Gasteiger partial charge in [0.2, 0.25) is 5.91 Å². The number of alkyl carbamates (subject to hydrolysis) is 2. The van der Waals surface area contributed by atoms with Crippen LogP contribution in [0.3, 0.4) is 0 Å². The molecule has 204 valence electrons. The molecule has 0 aliphatic heterocycles. The Morgan fingerprint density at radius 3 is 1.19 bits per heavy atom. The molecule has 0 aromatic rings. The minimum Gasteiger partial charge on any atom is -0.447 e. The number of hydrogen-bond donors (Lipinski definition) is 4. The summed E-state index contributed by atoms with van der Waals surface area (Å²) in [7, 11) is 0. The van der Waals surface area contributed by atoms with Gasteiger partial charge in [-0.2, -0.15) is 0 Å². The number of rotatable bonds is 6. The molecule has 6 aliphatic carbocycles. The first-order chi connectivity index (χ1) is 16.8. The quantitative estimate of drug-likeness (QED) is 0.381. The van der Waals surface area contributed by atoms with Crippen molar-refractivity contribution in [2.75, 3.05) is 0 Å². The van der Waals surface area contributed by atoms with Gasteiger partial charge in [-0.15, -0.1) is 0 Å². The summed E-state index contributed by atoms with van der Waals surface area (Å²) in [6.07, 6.45) is 9.82. The molecule has 9 nitrogen and oxygen atoms in total. The zero-order valence-electron chi connectivity index (χ0n) is 22.2. The largest absolute Gasteiger partial charge is 0.447 e. The molecule has 0 radical (unpaired) electrons. The van der Waals surface area contributed by atoms with E-state index >= 15 is 0 Å². The lowest BCUT2D eigenvalue weighted by Gasteiger charge is -2.52. The lowest BCUT2D eigenvalue weighted by atomic mass is 9.57. The number of fused-ring (bicyclic) bond motifs is 6. The predicted octanol–water partition coefficient (Wildman–Crippen LogP) is 4.20. The highest BCUT2D eigenvalue weighted by molar-refractivity contribution is 7.80. The molecule has 36 heavy (non-hydrogen) atoms. The lowest BCUT2D eigenvalue weighted by Crippen LogP contribution is -2.59. The number of thiocarbonyl (C=S) groups is 1. The molecule has 6 N–H and O–H groups in total. The van der Waals surface area contributed by atoms with Gasteiger partial charge in [0.05, 0.1) is 17.2 Å². The maximum Gasteiger partial charge on any atom is 0.407 e. The van der Waals surface area contributed by atoms with Crippen LogP contribution in [0.5, 0.6) is 0 Å². The zero-order valence-corrected chi connectivity index (χ0v) is 23.1. The average molecular weight is 525 g/mol. The third-order valence-electron chi connectivity index (χ3n) is 8.96. The summed E-state index contributed by atoms with van der Waals surface area (Å²) in [5.74, 6) is -0.180. The monoisotopic (exact) mass is 524 g/mol. The first-order valence-corrected chi connectivity index (χ1v) is 13.7. The summed E-state index contributed by atoms with van der Waals surface area (Å²) < 4.78 is 10.3. The van der Waals surface area contributed by atoms with Gasteiger partial charge in [-0.1, -0.05) is 12.2 Å². The molecule has 6 fully saturated rings. The van der Waals surface area contributed by atoms with Gasteiger partial charge in [-0.3, -0.25) is 4.79 Å². The summed E-state index contributed by atoms with van der Waals surface area (Å²) in [6, 6.07) is 0. The van der Waals surface area contributed by atoms with E-state index in [1.54, 1.807) is 0 Å². The smallest absolute Gasteiger partial charge is 0.407 e. The molecule has 6 aliphatic rings. The fourth-order valence-electron chi connectivity index (χ4n) is 6.41. The zero-order chi connectivity index (χ0) is 26.8. The van der Waals surface area contributed by atoms with Crippen LogP contribution in [0.15, 0.2) is 0 Å². The third-order valence-corrected chi connectivity index (χ3v) is 9.39. The molecule has 0 unspecified atom stereocenters. The van der Waals surface area contributed by atoms with Gasteiger partial charge in [-0.25, -0.2) is 9.59 Å². The highest BCUT2D eigenvalue weighted by Gasteiger charge is 2.53. The van der Waals surface area contributed by atoms with Gasteiger partial charge >= 0.3 is 12.2 Å². The van der Waals surface area contributed by atoms with Crippen LogP contribution in [-0.4, -0.2) is 46.4 Å². The van der Waals surface area contributed by atoms with Gasteiger partial charge in [-0.05, 0) is 105 Å². The topological polar surface area (TPSA) is 146 Å². The predicted molar refractivity (Wildman–Crippen MR) is 141 cm³/mol. The van der Waals surface area contributed by atoms with Gasteiger partial charge in [0, 0.05) is 21.9 Å². The molecule has 3 amide bonds. The Kier molecular flexibility index (Phi) is 8.47. The van der Waals surface area contributed by atoms with Crippen molar-refractivity contribution in [1.82, 2.24) is 10.6 Å². The van der Waals surface area contributed by atoms with Crippen molar-refractivity contribution >= 4 is 35.3 Å². The van der Waals surface area contributed by atoms with Crippen LogP contribution in [0.2, 0.25) is 0 Å². The standard InChI is InChI=1S/C13H22N2O3.C13H22N2O2S/c1-9(2)18-11(17)15-13-6-3-12(4-7-13,5-8-13)10(14)16;1-9(2)17-11(16)15-13-6-3-12(4-7-13,5-8-13)10(14)18/h9H,3-8H2,1-2H3,(H2,14,16)(H,15,17);9H,3-8H2,1-2H3,(H2,14,18)(H,15,16). The van der Waals surface area contributed by atoms with E-state index in [1.165, 1.54) is 0 Å². The number of primary amides is 1. The second-order valence-electron chi connectivity index (χ2n) is 12.0. The second-order valence-corrected chi connectivity index (χ2v) is 12.4. The fourth-order valence-corrected chi connectivity index (χ4v) is 6.71. The maximum absolute atomic E-state index is 11.7. The molecule has 10 heteroatoms. The Morgan fingerprint density at radius 1 is 0.639 bits per heavy atom. The number of carbonyl (C=O) groups excluding carboxylic acids is 3. The van der Waals surface area contributed by atoms with Crippen LogP contribution >= 0.6 is 12.2 Å². The molecular formula is C26H44N4O5S. The minimum absolute atomic E-state index is 0.0563. The molecule has 0 heterocycles. The number of nitrogens with two attached hydrogens (primary N) is 2. The van der Waals surface area contributed by atoms with Crippen LogP contribution < -0.4 is 22.1 Å². The van der Waals surface area contributed by atoms with Crippen molar-refractivity contribution in [2.45, 2.75) is 128 Å². The van der Waals surface area contributed by atoms with Crippen LogP contribution in [-0.2, 0) is 14.3 Å². The Balaban J connectivity index is 0.000000201. The number of nitrogens with one attached hydrogen (secondary N) is 2. The molecule has 0 atom stereocenters. The summed E-state index contributed by atoms with van der Waals surface area (Å²) in [5, 5.41) is 6.06. The molecule has 0 aromatic carbocycles. The lowest BCUT2D eigenvalue weighted by molar-refractivity contribution is -0.134. The first kappa shape index (κ1) is 28.5. The summed E-state index contributed by atoms with van der Waals surface area (Å²) >= 11 is 5.20. The summed E-state index contributed by atoms with van der Waals surface area (Å²) in [6.45, 7) is 7.38. The van der Waals surface area contributed by atoms with E-state index in [-0.39, 0.29) is 52.2 Å². The molecule has 0 spiro atoms. The Labute approximate surface area is 220 Å². The minimum atomic E-state index is -0.349. The van der Waals surface area contributed by atoms with Crippen LogP contribution in [0, 0.1) is 10.8 Å². The van der Waals surface area contributed by atoms with E-state index in [9.17, 15) is 14.4 Å². The first-order valence-electron chi connectivity index (χ1n) is 13.3. The van der Waals surface area contributed by atoms with Crippen molar-refractivity contribution in [3.63, 3.8) is 0 Å². The van der Waals surface area contributed by atoms with Crippen molar-refractivity contribution < 1.29 is 23.9 Å². The van der Waals surface area contributed by atoms with Crippen molar-refractivity contribution in [3.05, 3.63) is 0 Å². The van der Waals surface area contributed by atoms with Crippen LogP contribution in [0.25, 0.3) is 0 Å². The van der Waals surface area contributed by atoms with Crippen LogP contribution in [0.1, 0.15) is 105 Å². The number of ether oxygens (including phenoxy) is 2. The van der Waals surface area contributed by atoms with E-state index in [2.05, 4.69) is 10.6 Å². The average Bonchev–Trinajstić information content (AvgIpc) is 2.80. The van der Waals surface area contributed by atoms with E-state index in [0.29, 0.717) is 4.99 Å². The number of carbonyl (C=O) groups is 3. The number of hydrogen-bond acceptors (Lipinski definition) is 6. The Bertz CT molecular complexity index is 755. The van der Waals surface area contributed by atoms with Crippen molar-refractivity contribution in [1.29, 1.82) is 0 Å². The summed E-state index contributed by atoms with van der Waals surface area (Å²) in [4.78, 5) is 35.6. The number of amides is 3. The maximum atomic E-state index is 11.7. The SMILES string of the molecule is CC(C)OC(=O)NC12CCC(C(N)=O)(CC1)CC2.CC(C)OC(=O)NC12CCC(C(N)=S)(CC1)CC2. The Morgan fingerprint density at radius 2 is 0.944 bits per heavy atom. The molecule has 0 aromatic heterocycles. The third kappa shape index (κ3) is 6.23. The van der Waals surface area contributed by atoms with E-state index in [0.717, 1.165) is 77.0 Å². The van der Waals surface area contributed by atoms with E-state index in [1.807, 2.05) is 27.7 Å². The fraction of sp³-hybridized carbons (Fsp3) is 0.846. The highest BCUT2D eigenvalue weighted by atomic mass is 32.1. The molecule has 4 bridgehead atoms. The second kappa shape index (κ2) is 10.7. The molecule has 6 saturated carbocycles. The molecular weight excluding hydrogens is 480 g/mol. The van der Waals surface area contributed by atoms with Gasteiger partial charge in [0.1, 0.15) is 0 Å². The normalized spacial score (nSPS) is 34.4. The van der Waals surface area contributed by atoms with Gasteiger partial charge < -0.3 is 31.6 Å². The van der Waals surface area contributed by atoms with Crippen LogP contribution in [0.4, 0.5) is 9.59 Å². The van der Waals surface area contributed by atoms with E-state index < -0.39 is 0 Å². The van der Waals surface area contributed by atoms with E-state index in [4.69, 9.17) is 33.2 Å².